The zero-order chi connectivity index (χ0) is 20.0. The third-order valence-electron chi connectivity index (χ3n) is 3.23. The van der Waals surface area contributed by atoms with E-state index in [0.29, 0.717) is 10.7 Å². The minimum Gasteiger partial charge on any atom is -0.304 e. The molecular formula is C13H16F5N2O4PS. The largest absolute Gasteiger partial charge is 0.382 e. The molecule has 1 aromatic heterocycles. The molecule has 0 saturated heterocycles. The van der Waals surface area contributed by atoms with Gasteiger partial charge in [-0.25, -0.2) is 0 Å². The Morgan fingerprint density at radius 2 is 1.69 bits per heavy atom. The van der Waals surface area contributed by atoms with Gasteiger partial charge >= 0.3 is 17.8 Å². The molecule has 2 rings (SSSR count). The van der Waals surface area contributed by atoms with Crippen molar-refractivity contribution in [3.63, 3.8) is 0 Å². The summed E-state index contributed by atoms with van der Waals surface area (Å²) in [7, 11) is -14.2. The molecule has 0 spiro atoms. The van der Waals surface area contributed by atoms with Crippen LogP contribution in [0.2, 0.25) is 0 Å². The number of rotatable bonds is 6. The minimum absolute atomic E-state index is 0.114. The highest BCUT2D eigenvalue weighted by Crippen LogP contribution is 3.02. The first-order valence-electron chi connectivity index (χ1n) is 7.30. The number of benzene rings is 1. The number of hydrogen-bond donors (Lipinski definition) is 0. The number of fused-ring (bicyclic) bond motifs is 1. The zero-order valence-corrected chi connectivity index (χ0v) is 15.6. The molecule has 0 N–H and O–H groups in total. The Morgan fingerprint density at radius 1 is 1.15 bits per heavy atom. The highest BCUT2D eigenvalue weighted by molar-refractivity contribution is 8.45. The van der Waals surface area contributed by atoms with Crippen molar-refractivity contribution in [3.05, 3.63) is 18.2 Å². The molecular weight excluding hydrogens is 406 g/mol. The topological polar surface area (TPSA) is 70.4 Å². The zero-order valence-electron chi connectivity index (χ0n) is 13.9. The van der Waals surface area contributed by atoms with Gasteiger partial charge in [-0.2, -0.15) is 9.78 Å². The Hall–Kier alpha value is -1.49. The molecule has 0 fully saturated rings. The van der Waals surface area contributed by atoms with Crippen molar-refractivity contribution in [3.8, 4) is 0 Å². The van der Waals surface area contributed by atoms with Crippen molar-refractivity contribution in [2.24, 2.45) is 0 Å². The first-order chi connectivity index (χ1) is 11.6. The predicted octanol–water partition coefficient (Wildman–Crippen LogP) is 5.25. The molecule has 2 aromatic rings. The summed E-state index contributed by atoms with van der Waals surface area (Å²) in [4.78, 5) is 9.50. The van der Waals surface area contributed by atoms with Crippen LogP contribution in [0.3, 0.4) is 0 Å². The van der Waals surface area contributed by atoms with Gasteiger partial charge in [0, 0.05) is 12.3 Å². The van der Waals surface area contributed by atoms with E-state index < -0.39 is 39.4 Å². The molecule has 0 aliphatic rings. The molecule has 0 saturated carbocycles. The van der Waals surface area contributed by atoms with E-state index in [1.807, 2.05) is 0 Å². The average molecular weight is 422 g/mol. The second-order valence-corrected chi connectivity index (χ2v) is 9.58. The lowest BCUT2D eigenvalue weighted by Gasteiger charge is -2.40. The molecule has 0 aliphatic heterocycles. The Bertz CT molecular complexity index is 919. The molecule has 0 bridgehead atoms. The fraction of sp³-hybridized carbons (Fsp3) is 0.385. The van der Waals surface area contributed by atoms with Crippen LogP contribution in [0.15, 0.2) is 23.1 Å². The third kappa shape index (κ3) is 3.93. The Kier molecular flexibility index (Phi) is 4.61. The van der Waals surface area contributed by atoms with Gasteiger partial charge in [-0.1, -0.05) is 19.4 Å². The van der Waals surface area contributed by atoms with Crippen LogP contribution in [0.5, 0.6) is 0 Å². The van der Waals surface area contributed by atoms with Gasteiger partial charge in [0.25, 0.3) is 0 Å². The molecule has 1 aromatic carbocycles. The van der Waals surface area contributed by atoms with E-state index >= 15 is 0 Å². The summed E-state index contributed by atoms with van der Waals surface area (Å²) in [6.45, 7) is 3.67. The lowest BCUT2D eigenvalue weighted by molar-refractivity contribution is 0.0927. The van der Waals surface area contributed by atoms with E-state index in [1.165, 1.54) is 13.8 Å². The summed E-state index contributed by atoms with van der Waals surface area (Å²) >= 11 is 0. The number of carbonyl (C=O) groups is 1. The molecule has 148 valence electrons. The number of halogens is 5. The van der Waals surface area contributed by atoms with Crippen molar-refractivity contribution in [1.29, 1.82) is 0 Å². The van der Waals surface area contributed by atoms with Gasteiger partial charge in [-0.05, 0) is 32.0 Å². The maximum atomic E-state index is 13.1. The summed E-state index contributed by atoms with van der Waals surface area (Å²) < 4.78 is 89.3. The Morgan fingerprint density at radius 3 is 2.12 bits per heavy atom. The third-order valence-corrected chi connectivity index (χ3v) is 6.42. The fourth-order valence-corrected chi connectivity index (χ4v) is 4.60. The quantitative estimate of drug-likeness (QED) is 0.470. The van der Waals surface area contributed by atoms with Gasteiger partial charge in [0.1, 0.15) is 4.90 Å². The second-order valence-electron chi connectivity index (χ2n) is 5.24. The number of nitrogens with zero attached hydrogens (tertiary/aromatic N) is 2. The van der Waals surface area contributed by atoms with Crippen LogP contribution in [0.25, 0.3) is 10.9 Å². The normalized spacial score (nSPS) is 15.7. The van der Waals surface area contributed by atoms with Gasteiger partial charge in [-0.15, -0.1) is 0 Å². The van der Waals surface area contributed by atoms with Gasteiger partial charge in [0.15, 0.2) is 5.44 Å². The SMILES string of the molecule is CCOP(=O)(OCC)c1nn(C(C)=O)c2ccc(S(F)(F)(F)(F)F)cc12. The smallest absolute Gasteiger partial charge is 0.304 e. The van der Waals surface area contributed by atoms with Crippen LogP contribution in [-0.2, 0) is 13.6 Å². The van der Waals surface area contributed by atoms with Crippen molar-refractivity contribution in [2.45, 2.75) is 25.7 Å². The van der Waals surface area contributed by atoms with Gasteiger partial charge < -0.3 is 9.05 Å². The summed E-state index contributed by atoms with van der Waals surface area (Å²) in [6, 6.07) is 0.938. The van der Waals surface area contributed by atoms with E-state index in [-0.39, 0.29) is 30.9 Å². The Labute approximate surface area is 145 Å². The molecule has 0 aliphatic carbocycles. The maximum Gasteiger partial charge on any atom is 0.382 e. The predicted molar refractivity (Wildman–Crippen MR) is 87.9 cm³/mol. The molecule has 0 radical (unpaired) electrons. The van der Waals surface area contributed by atoms with Crippen LogP contribution in [-0.4, -0.2) is 28.9 Å². The first-order valence-corrected chi connectivity index (χ1v) is 10.8. The summed E-state index contributed by atoms with van der Waals surface area (Å²) in [5.41, 5.74) is -0.854. The first kappa shape index (κ1) is 20.8. The summed E-state index contributed by atoms with van der Waals surface area (Å²) in [6.07, 6.45) is 0. The highest BCUT2D eigenvalue weighted by Gasteiger charge is 2.65. The van der Waals surface area contributed by atoms with E-state index in [1.54, 1.807) is 0 Å². The van der Waals surface area contributed by atoms with Crippen molar-refractivity contribution < 1.29 is 37.8 Å². The molecule has 13 heteroatoms. The van der Waals surface area contributed by atoms with E-state index in [9.17, 15) is 28.8 Å². The van der Waals surface area contributed by atoms with E-state index in [2.05, 4.69) is 5.10 Å². The minimum atomic E-state index is -10.00. The van der Waals surface area contributed by atoms with Crippen LogP contribution in [0, 0.1) is 0 Å². The lowest BCUT2D eigenvalue weighted by Crippen LogP contribution is -2.16. The highest BCUT2D eigenvalue weighted by atomic mass is 32.5. The molecule has 0 amide bonds. The van der Waals surface area contributed by atoms with Crippen molar-refractivity contribution >= 4 is 40.1 Å². The molecule has 26 heavy (non-hydrogen) atoms. The van der Waals surface area contributed by atoms with Crippen LogP contribution < -0.4 is 5.44 Å². The molecule has 1 heterocycles. The van der Waals surface area contributed by atoms with E-state index in [4.69, 9.17) is 9.05 Å². The van der Waals surface area contributed by atoms with Gasteiger partial charge in [0.2, 0.25) is 5.91 Å². The molecule has 0 atom stereocenters. The Balaban J connectivity index is 2.90. The van der Waals surface area contributed by atoms with Crippen LogP contribution in [0.4, 0.5) is 19.4 Å². The molecule has 6 nitrogen and oxygen atoms in total. The number of aromatic nitrogens is 2. The summed E-state index contributed by atoms with van der Waals surface area (Å²) in [5.74, 6) is -0.721. The standard InChI is InChI=1S/C13H16F5N2O4PS/c1-4-23-25(22,24-5-2)13-11-8-10(26(14,15,16,17)18)6-7-12(11)20(19-13)9(3)21/h6-8H,4-5H2,1-3H3. The van der Waals surface area contributed by atoms with Crippen LogP contribution >= 0.6 is 17.8 Å². The van der Waals surface area contributed by atoms with Gasteiger partial charge in [-0.3, -0.25) is 9.36 Å². The lowest BCUT2D eigenvalue weighted by atomic mass is 10.2. The summed E-state index contributed by atoms with van der Waals surface area (Å²) in [5, 5.41) is 3.16. The number of hydrogen-bond acceptors (Lipinski definition) is 5. The fourth-order valence-electron chi connectivity index (χ4n) is 2.26. The van der Waals surface area contributed by atoms with Crippen LogP contribution in [0.1, 0.15) is 25.6 Å². The van der Waals surface area contributed by atoms with Crippen molar-refractivity contribution in [2.75, 3.05) is 13.2 Å². The monoisotopic (exact) mass is 422 g/mol. The van der Waals surface area contributed by atoms with Crippen molar-refractivity contribution in [1.82, 2.24) is 9.78 Å². The molecule has 0 unspecified atom stereocenters. The average Bonchev–Trinajstić information content (AvgIpc) is 2.85. The maximum absolute atomic E-state index is 13.1. The van der Waals surface area contributed by atoms with E-state index in [0.717, 1.165) is 6.92 Å². The van der Waals surface area contributed by atoms with Gasteiger partial charge in [0.05, 0.1) is 18.7 Å². The second kappa shape index (κ2) is 5.75. The number of carbonyl (C=O) groups excluding carboxylic acids is 1.